The molecule has 1 atom stereocenters. The maximum atomic E-state index is 11.9. The van der Waals surface area contributed by atoms with Crippen LogP contribution in [0.1, 0.15) is 5.69 Å². The van der Waals surface area contributed by atoms with Gasteiger partial charge in [-0.05, 0) is 18.2 Å². The molecule has 0 bridgehead atoms. The second-order valence-corrected chi connectivity index (χ2v) is 8.78. The van der Waals surface area contributed by atoms with Crippen molar-refractivity contribution in [2.45, 2.75) is 5.50 Å². The number of nitrogens with one attached hydrogen (secondary N) is 1. The highest BCUT2D eigenvalue weighted by atomic mass is 32.2. The number of sulfone groups is 1. The van der Waals surface area contributed by atoms with Crippen LogP contribution in [0, 0.1) is 0 Å². The maximum absolute atomic E-state index is 11.9. The van der Waals surface area contributed by atoms with Gasteiger partial charge in [0.25, 0.3) is 0 Å². The zero-order chi connectivity index (χ0) is 18.3. The number of imidazole rings is 1. The molecule has 4 rings (SSSR count). The van der Waals surface area contributed by atoms with Crippen LogP contribution in [0.3, 0.4) is 0 Å². The zero-order valence-electron chi connectivity index (χ0n) is 14.1. The Kier molecular flexibility index (Phi) is 4.04. The molecule has 0 amide bonds. The third kappa shape index (κ3) is 2.89. The second-order valence-electron chi connectivity index (χ2n) is 5.80. The van der Waals surface area contributed by atoms with E-state index in [2.05, 4.69) is 10.3 Å². The van der Waals surface area contributed by atoms with Crippen molar-refractivity contribution in [1.82, 2.24) is 14.7 Å². The van der Waals surface area contributed by atoms with Gasteiger partial charge in [-0.25, -0.2) is 13.4 Å². The van der Waals surface area contributed by atoms with Crippen molar-refractivity contribution in [3.63, 3.8) is 0 Å². The predicted octanol–water partition coefficient (Wildman–Crippen LogP) is 2.41. The first-order valence-corrected chi connectivity index (χ1v) is 10.6. The summed E-state index contributed by atoms with van der Waals surface area (Å²) in [5.74, 6) is 0.728. The molecule has 134 valence electrons. The van der Waals surface area contributed by atoms with Crippen molar-refractivity contribution in [1.29, 1.82) is 0 Å². The van der Waals surface area contributed by atoms with Crippen molar-refractivity contribution in [2.24, 2.45) is 4.99 Å². The summed E-state index contributed by atoms with van der Waals surface area (Å²) < 4.78 is 31.1. The molecule has 0 saturated carbocycles. The molecule has 0 spiro atoms. The highest BCUT2D eigenvalue weighted by Crippen LogP contribution is 2.33. The third-order valence-electron chi connectivity index (χ3n) is 4.01. The van der Waals surface area contributed by atoms with Gasteiger partial charge in [-0.2, -0.15) is 0 Å². The number of rotatable bonds is 4. The van der Waals surface area contributed by atoms with E-state index in [1.807, 2.05) is 40.2 Å². The zero-order valence-corrected chi connectivity index (χ0v) is 15.7. The van der Waals surface area contributed by atoms with Gasteiger partial charge in [0, 0.05) is 29.6 Å². The number of fused-ring (bicyclic) bond motifs is 1. The van der Waals surface area contributed by atoms with Gasteiger partial charge >= 0.3 is 0 Å². The molecule has 1 aliphatic rings. The minimum atomic E-state index is -3.37. The van der Waals surface area contributed by atoms with Crippen molar-refractivity contribution >= 4 is 38.0 Å². The lowest BCUT2D eigenvalue weighted by Crippen LogP contribution is -2.35. The van der Waals surface area contributed by atoms with Crippen molar-refractivity contribution in [3.8, 4) is 17.0 Å². The fourth-order valence-corrected chi connectivity index (χ4v) is 4.14. The summed E-state index contributed by atoms with van der Waals surface area (Å²) in [6.45, 7) is 0. The summed E-state index contributed by atoms with van der Waals surface area (Å²) in [5.41, 5.74) is 2.06. The molecule has 9 heteroatoms. The van der Waals surface area contributed by atoms with Crippen LogP contribution in [0.25, 0.3) is 21.9 Å². The van der Waals surface area contributed by atoms with Crippen LogP contribution in [0.4, 0.5) is 0 Å². The molecule has 1 aliphatic heterocycles. The minimum absolute atomic E-state index is 0.652. The van der Waals surface area contributed by atoms with Gasteiger partial charge in [0.15, 0.2) is 14.8 Å². The van der Waals surface area contributed by atoms with E-state index >= 15 is 0 Å². The van der Waals surface area contributed by atoms with Gasteiger partial charge in [0.1, 0.15) is 5.75 Å². The van der Waals surface area contributed by atoms with E-state index in [1.54, 1.807) is 13.2 Å². The number of benzene rings is 1. The highest BCUT2D eigenvalue weighted by Gasteiger charge is 2.26. The Morgan fingerprint density at radius 2 is 2.19 bits per heavy atom. The van der Waals surface area contributed by atoms with Crippen molar-refractivity contribution in [3.05, 3.63) is 47.6 Å². The summed E-state index contributed by atoms with van der Waals surface area (Å²) in [4.78, 5) is 9.56. The van der Waals surface area contributed by atoms with Gasteiger partial charge in [0.2, 0.25) is 5.50 Å². The number of aliphatic imine (C=N–C) groups is 1. The molecule has 3 heterocycles. The van der Waals surface area contributed by atoms with Crippen molar-refractivity contribution in [2.75, 3.05) is 13.4 Å². The molecular weight excluding hydrogens is 372 g/mol. The number of allylic oxidation sites excluding steroid dienone is 1. The van der Waals surface area contributed by atoms with Crippen LogP contribution < -0.4 is 10.1 Å². The second kappa shape index (κ2) is 6.26. The van der Waals surface area contributed by atoms with Gasteiger partial charge in [0.05, 0.1) is 24.2 Å². The van der Waals surface area contributed by atoms with Crippen LogP contribution in [0.2, 0.25) is 0 Å². The van der Waals surface area contributed by atoms with E-state index < -0.39 is 15.3 Å². The lowest BCUT2D eigenvalue weighted by Gasteiger charge is -2.20. The Morgan fingerprint density at radius 3 is 2.96 bits per heavy atom. The standard InChI is InChI=1S/C17H16N4O3S2/c1-24-12-5-3-4-11(10-12)14-15(21-8-9-25-17(21)20-14)13-6-7-18-16(19-13)26(2,22)23/h3-10,16,19H,1-2H3. The summed E-state index contributed by atoms with van der Waals surface area (Å²) in [5, 5.41) is 4.94. The number of aromatic nitrogens is 2. The van der Waals surface area contributed by atoms with E-state index in [9.17, 15) is 8.42 Å². The van der Waals surface area contributed by atoms with Gasteiger partial charge < -0.3 is 10.1 Å². The summed E-state index contributed by atoms with van der Waals surface area (Å²) in [6, 6.07) is 7.62. The monoisotopic (exact) mass is 388 g/mol. The number of hydrogen-bond donors (Lipinski definition) is 1. The molecule has 0 fully saturated rings. The molecule has 1 aromatic carbocycles. The molecule has 2 aromatic heterocycles. The Morgan fingerprint density at radius 1 is 1.35 bits per heavy atom. The topological polar surface area (TPSA) is 85.1 Å². The number of hydrogen-bond acceptors (Lipinski definition) is 7. The van der Waals surface area contributed by atoms with E-state index in [1.165, 1.54) is 17.6 Å². The molecule has 1 N–H and O–H groups in total. The van der Waals surface area contributed by atoms with E-state index in [0.29, 0.717) is 5.70 Å². The summed E-state index contributed by atoms with van der Waals surface area (Å²) in [7, 11) is -1.76. The van der Waals surface area contributed by atoms with Gasteiger partial charge in [-0.15, -0.1) is 11.3 Å². The van der Waals surface area contributed by atoms with E-state index in [0.717, 1.165) is 33.9 Å². The van der Waals surface area contributed by atoms with Crippen molar-refractivity contribution < 1.29 is 13.2 Å². The normalized spacial score (nSPS) is 17.2. The van der Waals surface area contributed by atoms with Crippen LogP contribution >= 0.6 is 11.3 Å². The SMILES string of the molecule is COc1cccc(-c2nc3sccn3c2C2=CC=NC(S(C)(=O)=O)N2)c1. The number of ether oxygens (including phenoxy) is 1. The number of methoxy groups -OCH3 is 1. The Balaban J connectivity index is 1.88. The van der Waals surface area contributed by atoms with E-state index in [4.69, 9.17) is 9.72 Å². The lowest BCUT2D eigenvalue weighted by molar-refractivity contribution is 0.415. The Hall–Kier alpha value is -2.65. The van der Waals surface area contributed by atoms with E-state index in [-0.39, 0.29) is 0 Å². The van der Waals surface area contributed by atoms with Crippen LogP contribution in [-0.4, -0.2) is 42.9 Å². The molecule has 0 saturated heterocycles. The summed E-state index contributed by atoms with van der Waals surface area (Å²) in [6.07, 6.45) is 6.34. The van der Waals surface area contributed by atoms with Crippen LogP contribution in [-0.2, 0) is 9.84 Å². The Bertz CT molecular complexity index is 1140. The maximum Gasteiger partial charge on any atom is 0.221 e. The van der Waals surface area contributed by atoms with Gasteiger partial charge in [-0.1, -0.05) is 12.1 Å². The molecule has 7 nitrogen and oxygen atoms in total. The largest absolute Gasteiger partial charge is 0.497 e. The fourth-order valence-electron chi connectivity index (χ4n) is 2.79. The molecular formula is C17H16N4O3S2. The highest BCUT2D eigenvalue weighted by molar-refractivity contribution is 7.91. The smallest absolute Gasteiger partial charge is 0.221 e. The number of nitrogens with zero attached hydrogens (tertiary/aromatic N) is 3. The molecule has 0 radical (unpaired) electrons. The molecule has 1 unspecified atom stereocenters. The fraction of sp³-hybridized carbons (Fsp3) is 0.176. The first-order chi connectivity index (χ1) is 12.5. The average molecular weight is 388 g/mol. The predicted molar refractivity (Wildman–Crippen MR) is 103 cm³/mol. The quantitative estimate of drug-likeness (QED) is 0.742. The molecule has 0 aliphatic carbocycles. The first-order valence-electron chi connectivity index (χ1n) is 7.76. The third-order valence-corrected chi connectivity index (χ3v) is 5.81. The summed E-state index contributed by atoms with van der Waals surface area (Å²) >= 11 is 1.51. The van der Waals surface area contributed by atoms with Crippen LogP contribution in [0.5, 0.6) is 5.75 Å². The average Bonchev–Trinajstić information content (AvgIpc) is 3.22. The lowest BCUT2D eigenvalue weighted by atomic mass is 10.1. The first kappa shape index (κ1) is 16.8. The molecule has 3 aromatic rings. The molecule has 26 heavy (non-hydrogen) atoms. The van der Waals surface area contributed by atoms with Gasteiger partial charge in [-0.3, -0.25) is 9.39 Å². The number of thiazole rings is 1. The van der Waals surface area contributed by atoms with Crippen LogP contribution in [0.15, 0.2) is 46.9 Å². The Labute approximate surface area is 154 Å². The minimum Gasteiger partial charge on any atom is -0.497 e.